The molecule has 3 rings (SSSR count). The van der Waals surface area contributed by atoms with Crippen LogP contribution in [-0.2, 0) is 22.1 Å². The van der Waals surface area contributed by atoms with Crippen LogP contribution in [0, 0.1) is 6.92 Å². The van der Waals surface area contributed by atoms with Gasteiger partial charge in [0, 0.05) is 0 Å². The summed E-state index contributed by atoms with van der Waals surface area (Å²) in [6.45, 7) is 1.37. The second-order valence-corrected chi connectivity index (χ2v) is 5.73. The lowest BCUT2D eigenvalue weighted by Gasteiger charge is -2.15. The molecule has 2 bridgehead atoms. The summed E-state index contributed by atoms with van der Waals surface area (Å²) in [5.41, 5.74) is -3.99. The lowest BCUT2D eigenvalue weighted by atomic mass is 9.93. The van der Waals surface area contributed by atoms with Crippen LogP contribution >= 0.6 is 0 Å². The predicted molar refractivity (Wildman–Crippen MR) is 77.5 cm³/mol. The maximum atomic E-state index is 13.0. The topological polar surface area (TPSA) is 52.6 Å². The Labute approximate surface area is 147 Å². The number of alkyl halides is 6. The van der Waals surface area contributed by atoms with E-state index in [0.29, 0.717) is 12.1 Å². The zero-order valence-electron chi connectivity index (χ0n) is 13.3. The Balaban J connectivity index is 2.29. The highest BCUT2D eigenvalue weighted by Gasteiger charge is 2.37. The molecular formula is C17H8F6O4. The zero-order chi connectivity index (χ0) is 20.1. The van der Waals surface area contributed by atoms with Gasteiger partial charge in [0.05, 0.1) is 22.3 Å². The molecule has 0 radical (unpaired) electrons. The largest absolute Gasteiger partial charge is 0.416 e. The number of halogens is 6. The van der Waals surface area contributed by atoms with Crippen molar-refractivity contribution in [1.29, 1.82) is 0 Å². The first-order chi connectivity index (χ1) is 12.4. The maximum Gasteiger partial charge on any atom is 0.416 e. The molecule has 0 aromatic heterocycles. The Bertz CT molecular complexity index is 890. The van der Waals surface area contributed by atoms with Gasteiger partial charge in [0.1, 0.15) is 0 Å². The number of carbonyl (C=O) groups is 2. The smallest absolute Gasteiger partial charge is 0.241 e. The molecule has 27 heavy (non-hydrogen) atoms. The molecule has 0 unspecified atom stereocenters. The van der Waals surface area contributed by atoms with E-state index in [1.165, 1.54) is 6.92 Å². The molecule has 0 atom stereocenters. The quantitative estimate of drug-likeness (QED) is 0.511. The minimum Gasteiger partial charge on any atom is -0.241 e. The van der Waals surface area contributed by atoms with Crippen molar-refractivity contribution < 1.29 is 45.7 Å². The van der Waals surface area contributed by atoms with Crippen molar-refractivity contribution in [3.8, 4) is 11.1 Å². The van der Waals surface area contributed by atoms with Crippen LogP contribution in [0.3, 0.4) is 0 Å². The monoisotopic (exact) mass is 390 g/mol. The van der Waals surface area contributed by atoms with E-state index in [1.54, 1.807) is 0 Å². The van der Waals surface area contributed by atoms with Crippen molar-refractivity contribution in [3.05, 3.63) is 58.1 Å². The van der Waals surface area contributed by atoms with Crippen molar-refractivity contribution >= 4 is 11.9 Å². The molecule has 1 aliphatic heterocycles. The summed E-state index contributed by atoms with van der Waals surface area (Å²) >= 11 is 0. The van der Waals surface area contributed by atoms with Gasteiger partial charge in [-0.2, -0.15) is 26.3 Å². The first kappa shape index (κ1) is 18.7. The second kappa shape index (κ2) is 6.00. The number of carbonyl (C=O) groups excluding carboxylic acids is 2. The molecule has 0 spiro atoms. The van der Waals surface area contributed by atoms with Crippen LogP contribution in [0.1, 0.15) is 37.4 Å². The van der Waals surface area contributed by atoms with E-state index in [0.717, 1.165) is 12.1 Å². The van der Waals surface area contributed by atoms with Gasteiger partial charge in [-0.05, 0) is 53.9 Å². The summed E-state index contributed by atoms with van der Waals surface area (Å²) in [5, 5.41) is 0. The summed E-state index contributed by atoms with van der Waals surface area (Å²) in [5.74, 6) is -2.19. The second-order valence-electron chi connectivity index (χ2n) is 5.73. The fraction of sp³-hybridized carbons (Fsp3) is 0.176. The van der Waals surface area contributed by atoms with Crippen LogP contribution in [0.2, 0.25) is 0 Å². The fourth-order valence-electron chi connectivity index (χ4n) is 2.59. The molecule has 0 fully saturated rings. The molecule has 2 aromatic rings. The van der Waals surface area contributed by atoms with E-state index in [2.05, 4.69) is 9.78 Å². The fourth-order valence-corrected chi connectivity index (χ4v) is 2.59. The van der Waals surface area contributed by atoms with E-state index < -0.39 is 41.0 Å². The number of benzene rings is 2. The van der Waals surface area contributed by atoms with Crippen LogP contribution in [-0.4, -0.2) is 11.9 Å². The SMILES string of the molecule is Cc1c2cc(-c3cc(C(F)(F)F)cc(C(F)(F)F)c3)cc1C(=O)OOC2=O. The highest BCUT2D eigenvalue weighted by molar-refractivity contribution is 6.02. The highest BCUT2D eigenvalue weighted by atomic mass is 19.4. The third-order valence-corrected chi connectivity index (χ3v) is 3.96. The average Bonchev–Trinajstić information content (AvgIpc) is 2.62. The van der Waals surface area contributed by atoms with Gasteiger partial charge in [0.15, 0.2) is 0 Å². The molecule has 0 saturated heterocycles. The molecule has 2 aromatic carbocycles. The Morgan fingerprint density at radius 3 is 1.41 bits per heavy atom. The van der Waals surface area contributed by atoms with Crippen LogP contribution in [0.5, 0.6) is 0 Å². The van der Waals surface area contributed by atoms with E-state index >= 15 is 0 Å². The average molecular weight is 390 g/mol. The highest BCUT2D eigenvalue weighted by Crippen LogP contribution is 2.39. The van der Waals surface area contributed by atoms with Crippen molar-refractivity contribution in [2.24, 2.45) is 0 Å². The minimum absolute atomic E-state index is 0.0138. The molecule has 1 heterocycles. The molecular weight excluding hydrogens is 382 g/mol. The molecule has 10 heteroatoms. The van der Waals surface area contributed by atoms with Gasteiger partial charge in [-0.1, -0.05) is 0 Å². The molecule has 1 aliphatic rings. The van der Waals surface area contributed by atoms with Gasteiger partial charge in [-0.15, -0.1) is 0 Å². The van der Waals surface area contributed by atoms with E-state index in [9.17, 15) is 35.9 Å². The summed E-state index contributed by atoms with van der Waals surface area (Å²) in [4.78, 5) is 32.1. The maximum absolute atomic E-state index is 13.0. The third-order valence-electron chi connectivity index (χ3n) is 3.96. The Morgan fingerprint density at radius 1 is 0.667 bits per heavy atom. The van der Waals surface area contributed by atoms with Crippen LogP contribution in [0.15, 0.2) is 30.3 Å². The number of hydrogen-bond donors (Lipinski definition) is 0. The van der Waals surface area contributed by atoms with Crippen molar-refractivity contribution in [3.63, 3.8) is 0 Å². The Kier molecular flexibility index (Phi) is 4.16. The van der Waals surface area contributed by atoms with Crippen molar-refractivity contribution in [2.45, 2.75) is 19.3 Å². The first-order valence-electron chi connectivity index (χ1n) is 7.25. The van der Waals surface area contributed by atoms with Gasteiger partial charge in [-0.25, -0.2) is 19.4 Å². The standard InChI is InChI=1S/C17H8F6O4/c1-7-12-4-9(5-13(7)15(25)27-26-14(12)24)8-2-10(16(18,19)20)6-11(3-8)17(21,22)23/h2-6H,1H3. The van der Waals surface area contributed by atoms with Gasteiger partial charge >= 0.3 is 24.3 Å². The number of fused-ring (bicyclic) bond motifs is 2. The predicted octanol–water partition coefficient (Wildman–Crippen LogP) is 4.94. The molecule has 0 saturated carbocycles. The molecule has 0 amide bonds. The molecule has 0 N–H and O–H groups in total. The van der Waals surface area contributed by atoms with E-state index in [1.807, 2.05) is 0 Å². The van der Waals surface area contributed by atoms with Crippen LogP contribution in [0.25, 0.3) is 11.1 Å². The lowest BCUT2D eigenvalue weighted by molar-refractivity contribution is -0.186. The summed E-state index contributed by atoms with van der Waals surface area (Å²) < 4.78 is 78.2. The molecule has 142 valence electrons. The van der Waals surface area contributed by atoms with Gasteiger partial charge in [0.2, 0.25) is 0 Å². The minimum atomic E-state index is -5.03. The molecule has 4 nitrogen and oxygen atoms in total. The van der Waals surface area contributed by atoms with E-state index in [-0.39, 0.29) is 28.3 Å². The van der Waals surface area contributed by atoms with E-state index in [4.69, 9.17) is 0 Å². The third kappa shape index (κ3) is 3.46. The van der Waals surface area contributed by atoms with Gasteiger partial charge < -0.3 is 0 Å². The van der Waals surface area contributed by atoms with Crippen molar-refractivity contribution in [2.75, 3.05) is 0 Å². The Hall–Kier alpha value is -3.04. The summed E-state index contributed by atoms with van der Waals surface area (Å²) in [6, 6.07) is 3.07. The zero-order valence-corrected chi connectivity index (χ0v) is 13.3. The normalized spacial score (nSPS) is 14.5. The van der Waals surface area contributed by atoms with Gasteiger partial charge in [-0.3, -0.25) is 0 Å². The first-order valence-corrected chi connectivity index (χ1v) is 7.25. The Morgan fingerprint density at radius 2 is 1.04 bits per heavy atom. The number of rotatable bonds is 1. The summed E-state index contributed by atoms with van der Waals surface area (Å²) in [6.07, 6.45) is -10.1. The van der Waals surface area contributed by atoms with Gasteiger partial charge in [0.25, 0.3) is 0 Å². The number of hydrogen-bond acceptors (Lipinski definition) is 4. The van der Waals surface area contributed by atoms with Crippen LogP contribution in [0.4, 0.5) is 26.3 Å². The lowest BCUT2D eigenvalue weighted by Crippen LogP contribution is -2.11. The molecule has 0 aliphatic carbocycles. The van der Waals surface area contributed by atoms with Crippen LogP contribution < -0.4 is 0 Å². The summed E-state index contributed by atoms with van der Waals surface area (Å²) in [7, 11) is 0. The van der Waals surface area contributed by atoms with Crippen molar-refractivity contribution in [1.82, 2.24) is 0 Å².